The first-order chi connectivity index (χ1) is 10.8. The second kappa shape index (κ2) is 7.20. The van der Waals surface area contributed by atoms with Gasteiger partial charge in [-0.2, -0.15) is 18.4 Å². The average Bonchev–Trinajstić information content (AvgIpc) is 2.48. The smallest absolute Gasteiger partial charge is 0.381 e. The van der Waals surface area contributed by atoms with E-state index in [1.54, 1.807) is 0 Å². The Morgan fingerprint density at radius 2 is 1.91 bits per heavy atom. The van der Waals surface area contributed by atoms with Crippen molar-refractivity contribution in [3.8, 4) is 6.07 Å². The van der Waals surface area contributed by atoms with Gasteiger partial charge in [0.05, 0.1) is 17.2 Å². The van der Waals surface area contributed by atoms with Crippen LogP contribution >= 0.6 is 0 Å². The molecule has 1 aliphatic rings. The molecule has 0 amide bonds. The molecule has 0 spiro atoms. The predicted octanol–water partition coefficient (Wildman–Crippen LogP) is 2.62. The number of anilines is 1. The Balaban J connectivity index is 2.07. The molecule has 7 heteroatoms. The third kappa shape index (κ3) is 4.85. The van der Waals surface area contributed by atoms with E-state index in [4.69, 9.17) is 5.26 Å². The Bertz CT molecular complexity index is 572. The lowest BCUT2D eigenvalue weighted by atomic mass is 10.1. The fraction of sp³-hybridized carbons (Fsp3) is 0.562. The van der Waals surface area contributed by atoms with Crippen molar-refractivity contribution >= 4 is 5.69 Å². The molecule has 1 N–H and O–H groups in total. The van der Waals surface area contributed by atoms with Gasteiger partial charge in [0, 0.05) is 44.5 Å². The lowest BCUT2D eigenvalue weighted by Gasteiger charge is -2.34. The summed E-state index contributed by atoms with van der Waals surface area (Å²) in [5.74, 6) is 0. The van der Waals surface area contributed by atoms with Crippen molar-refractivity contribution in [2.24, 2.45) is 0 Å². The normalized spacial score (nSPS) is 18.4. The van der Waals surface area contributed by atoms with E-state index in [-0.39, 0.29) is 17.3 Å². The summed E-state index contributed by atoms with van der Waals surface area (Å²) in [6, 6.07) is 5.16. The van der Waals surface area contributed by atoms with Crippen molar-refractivity contribution in [1.82, 2.24) is 9.80 Å². The molecular weight excluding hydrogens is 305 g/mol. The Morgan fingerprint density at radius 3 is 2.48 bits per heavy atom. The third-order valence-electron chi connectivity index (χ3n) is 3.98. The van der Waals surface area contributed by atoms with E-state index in [0.717, 1.165) is 32.2 Å². The second-order valence-electron chi connectivity index (χ2n) is 6.02. The van der Waals surface area contributed by atoms with Crippen LogP contribution in [0.3, 0.4) is 0 Å². The highest BCUT2D eigenvalue weighted by atomic mass is 19.4. The zero-order valence-electron chi connectivity index (χ0n) is 13.3. The maximum atomic E-state index is 13.1. The molecule has 126 valence electrons. The lowest BCUT2D eigenvalue weighted by molar-refractivity contribution is -0.137. The maximum absolute atomic E-state index is 13.1. The Labute approximate surface area is 134 Å². The van der Waals surface area contributed by atoms with E-state index in [2.05, 4.69) is 22.2 Å². The van der Waals surface area contributed by atoms with Gasteiger partial charge in [-0.25, -0.2) is 0 Å². The van der Waals surface area contributed by atoms with E-state index in [9.17, 15) is 13.2 Å². The van der Waals surface area contributed by atoms with Crippen LogP contribution in [0.5, 0.6) is 0 Å². The summed E-state index contributed by atoms with van der Waals surface area (Å²) >= 11 is 0. The van der Waals surface area contributed by atoms with Gasteiger partial charge in [-0.15, -0.1) is 0 Å². The summed E-state index contributed by atoms with van der Waals surface area (Å²) < 4.78 is 39.3. The van der Waals surface area contributed by atoms with Gasteiger partial charge in [-0.3, -0.25) is 4.90 Å². The summed E-state index contributed by atoms with van der Waals surface area (Å²) in [7, 11) is 2.06. The molecule has 2 rings (SSSR count). The molecule has 1 heterocycles. The molecule has 23 heavy (non-hydrogen) atoms. The number of nitrogens with one attached hydrogen (secondary N) is 1. The fourth-order valence-electron chi connectivity index (χ4n) is 2.71. The molecule has 1 aliphatic heterocycles. The summed E-state index contributed by atoms with van der Waals surface area (Å²) in [4.78, 5) is 4.46. The second-order valence-corrected chi connectivity index (χ2v) is 6.02. The number of likely N-dealkylation sites (N-methyl/N-ethyl adjacent to an activating group) is 1. The molecule has 0 saturated carbocycles. The van der Waals surface area contributed by atoms with Gasteiger partial charge in [0.2, 0.25) is 0 Å². The van der Waals surface area contributed by atoms with Gasteiger partial charge in [0.1, 0.15) is 0 Å². The summed E-state index contributed by atoms with van der Waals surface area (Å²) in [6.45, 7) is 6.27. The van der Waals surface area contributed by atoms with Gasteiger partial charge in [-0.1, -0.05) is 0 Å². The Hall–Kier alpha value is -1.78. The highest BCUT2D eigenvalue weighted by molar-refractivity contribution is 5.57. The monoisotopic (exact) mass is 326 g/mol. The van der Waals surface area contributed by atoms with Gasteiger partial charge >= 0.3 is 6.18 Å². The van der Waals surface area contributed by atoms with E-state index in [0.29, 0.717) is 6.54 Å². The zero-order chi connectivity index (χ0) is 17.0. The minimum absolute atomic E-state index is 0.0295. The molecule has 0 unspecified atom stereocenters. The minimum Gasteiger partial charge on any atom is -0.381 e. The van der Waals surface area contributed by atoms with Crippen LogP contribution in [0.1, 0.15) is 18.1 Å². The summed E-state index contributed by atoms with van der Waals surface area (Å²) in [5, 5.41) is 11.8. The van der Waals surface area contributed by atoms with Gasteiger partial charge in [0.15, 0.2) is 0 Å². The van der Waals surface area contributed by atoms with E-state index < -0.39 is 11.7 Å². The molecule has 0 aliphatic carbocycles. The van der Waals surface area contributed by atoms with Gasteiger partial charge < -0.3 is 10.2 Å². The fourth-order valence-corrected chi connectivity index (χ4v) is 2.71. The number of halogens is 3. The highest BCUT2D eigenvalue weighted by Crippen LogP contribution is 2.35. The van der Waals surface area contributed by atoms with E-state index in [1.165, 1.54) is 12.1 Å². The summed E-state index contributed by atoms with van der Waals surface area (Å²) in [6.07, 6.45) is -4.44. The van der Waals surface area contributed by atoms with Crippen LogP contribution < -0.4 is 5.32 Å². The molecule has 0 aromatic heterocycles. The van der Waals surface area contributed by atoms with Crippen LogP contribution in [-0.2, 0) is 6.18 Å². The van der Waals surface area contributed by atoms with Crippen molar-refractivity contribution < 1.29 is 13.2 Å². The highest BCUT2D eigenvalue weighted by Gasteiger charge is 2.34. The number of benzene rings is 1. The first-order valence-electron chi connectivity index (χ1n) is 7.58. The van der Waals surface area contributed by atoms with Crippen molar-refractivity contribution in [3.63, 3.8) is 0 Å². The molecule has 0 radical (unpaired) electrons. The SMILES string of the molecule is C[C@H](CN1CCN(C)CC1)Nc1cc(C#N)ccc1C(F)(F)F. The number of hydrogen-bond donors (Lipinski definition) is 1. The number of rotatable bonds is 4. The molecule has 1 aromatic carbocycles. The molecular formula is C16H21F3N4. The van der Waals surface area contributed by atoms with Crippen molar-refractivity contribution in [3.05, 3.63) is 29.3 Å². The third-order valence-corrected chi connectivity index (χ3v) is 3.98. The average molecular weight is 326 g/mol. The largest absolute Gasteiger partial charge is 0.418 e. The van der Waals surface area contributed by atoms with Crippen LogP contribution in [0.4, 0.5) is 18.9 Å². The minimum atomic E-state index is -4.44. The number of nitriles is 1. The molecule has 1 aromatic rings. The predicted molar refractivity (Wildman–Crippen MR) is 83.2 cm³/mol. The molecule has 0 bridgehead atoms. The van der Waals surface area contributed by atoms with Crippen LogP contribution in [-0.4, -0.2) is 55.6 Å². The topological polar surface area (TPSA) is 42.3 Å². The number of hydrogen-bond acceptors (Lipinski definition) is 4. The first kappa shape index (κ1) is 17.6. The van der Waals surface area contributed by atoms with Crippen LogP contribution in [0.15, 0.2) is 18.2 Å². The first-order valence-corrected chi connectivity index (χ1v) is 7.58. The summed E-state index contributed by atoms with van der Waals surface area (Å²) in [5.41, 5.74) is -0.549. The van der Waals surface area contributed by atoms with Crippen LogP contribution in [0, 0.1) is 11.3 Å². The quantitative estimate of drug-likeness (QED) is 0.924. The Kier molecular flexibility index (Phi) is 5.50. The number of alkyl halides is 3. The molecule has 1 fully saturated rings. The number of nitrogens with zero attached hydrogens (tertiary/aromatic N) is 3. The molecule has 4 nitrogen and oxygen atoms in total. The van der Waals surface area contributed by atoms with Crippen molar-refractivity contribution in [1.29, 1.82) is 5.26 Å². The number of piperazine rings is 1. The van der Waals surface area contributed by atoms with E-state index >= 15 is 0 Å². The molecule has 1 saturated heterocycles. The zero-order valence-corrected chi connectivity index (χ0v) is 13.3. The Morgan fingerprint density at radius 1 is 1.26 bits per heavy atom. The van der Waals surface area contributed by atoms with Crippen LogP contribution in [0.2, 0.25) is 0 Å². The van der Waals surface area contributed by atoms with Gasteiger partial charge in [0.25, 0.3) is 0 Å². The standard InChI is InChI=1S/C16H21F3N4/c1-12(11-23-7-5-22(2)6-8-23)21-15-9-13(10-20)3-4-14(15)16(17,18)19/h3-4,9,12,21H,5-8,11H2,1-2H3/t12-/m1/s1. The molecule has 1 atom stereocenters. The van der Waals surface area contributed by atoms with Crippen LogP contribution in [0.25, 0.3) is 0 Å². The van der Waals surface area contributed by atoms with Crippen molar-refractivity contribution in [2.75, 3.05) is 45.1 Å². The lowest BCUT2D eigenvalue weighted by Crippen LogP contribution is -2.47. The van der Waals surface area contributed by atoms with E-state index in [1.807, 2.05) is 13.0 Å². The maximum Gasteiger partial charge on any atom is 0.418 e. The van der Waals surface area contributed by atoms with Gasteiger partial charge in [-0.05, 0) is 32.2 Å². The van der Waals surface area contributed by atoms with Crippen molar-refractivity contribution in [2.45, 2.75) is 19.1 Å².